The van der Waals surface area contributed by atoms with Gasteiger partial charge < -0.3 is 14.9 Å². The molecule has 2 rings (SSSR count). The first-order chi connectivity index (χ1) is 7.99. The Bertz CT molecular complexity index is 347. The van der Waals surface area contributed by atoms with Crippen LogP contribution in [0.15, 0.2) is 5.10 Å². The van der Waals surface area contributed by atoms with E-state index in [9.17, 15) is 4.79 Å². The number of halogens is 1. The van der Waals surface area contributed by atoms with Crippen LogP contribution in [0.5, 0.6) is 0 Å². The van der Waals surface area contributed by atoms with Crippen molar-refractivity contribution in [2.75, 3.05) is 26.2 Å². The molecule has 0 spiro atoms. The summed E-state index contributed by atoms with van der Waals surface area (Å²) in [7, 11) is 0. The van der Waals surface area contributed by atoms with Crippen molar-refractivity contribution in [3.05, 3.63) is 0 Å². The fourth-order valence-electron chi connectivity index (χ4n) is 2.18. The average molecular weight is 305 g/mol. The molecule has 0 aromatic heterocycles. The van der Waals surface area contributed by atoms with Crippen molar-refractivity contribution in [2.45, 2.75) is 20.0 Å². The normalized spacial score (nSPS) is 24.1. The maximum absolute atomic E-state index is 11.0. The van der Waals surface area contributed by atoms with Crippen LogP contribution in [0.1, 0.15) is 13.8 Å². The minimum Gasteiger partial charge on any atom is -0.465 e. The van der Waals surface area contributed by atoms with E-state index in [2.05, 4.69) is 39.8 Å². The van der Waals surface area contributed by atoms with Gasteiger partial charge in [-0.2, -0.15) is 0 Å². The van der Waals surface area contributed by atoms with E-state index in [1.807, 2.05) is 5.01 Å². The van der Waals surface area contributed by atoms with E-state index in [1.165, 1.54) is 4.90 Å². The van der Waals surface area contributed by atoms with Gasteiger partial charge in [-0.1, -0.05) is 13.8 Å². The molecule has 0 bridgehead atoms. The van der Waals surface area contributed by atoms with E-state index < -0.39 is 6.09 Å². The molecule has 0 radical (unpaired) electrons. The Kier molecular flexibility index (Phi) is 3.46. The summed E-state index contributed by atoms with van der Waals surface area (Å²) in [6.07, 6.45) is -0.811. The standard InChI is InChI=1S/C10H17BrN4O2/c1-7(2)5-15-8-6-13(10(16)17)3-4-14(8)9(11)12-15/h7-8H,3-6H2,1-2H3,(H,16,17). The highest BCUT2D eigenvalue weighted by molar-refractivity contribution is 9.18. The van der Waals surface area contributed by atoms with Crippen molar-refractivity contribution in [1.82, 2.24) is 14.8 Å². The van der Waals surface area contributed by atoms with Crippen molar-refractivity contribution in [1.29, 1.82) is 0 Å². The highest BCUT2D eigenvalue weighted by Crippen LogP contribution is 2.24. The Morgan fingerprint density at radius 2 is 2.29 bits per heavy atom. The fourth-order valence-corrected chi connectivity index (χ4v) is 2.79. The monoisotopic (exact) mass is 304 g/mol. The first kappa shape index (κ1) is 12.5. The molecule has 96 valence electrons. The van der Waals surface area contributed by atoms with Crippen LogP contribution < -0.4 is 0 Å². The lowest BCUT2D eigenvalue weighted by molar-refractivity contribution is 0.0391. The Hall–Kier alpha value is -0.980. The second kappa shape index (κ2) is 4.72. The Balaban J connectivity index is 2.08. The minimum absolute atomic E-state index is 0.0385. The summed E-state index contributed by atoms with van der Waals surface area (Å²) in [5.74, 6) is 0.499. The maximum atomic E-state index is 11.0. The predicted molar refractivity (Wildman–Crippen MR) is 68.0 cm³/mol. The van der Waals surface area contributed by atoms with E-state index >= 15 is 0 Å². The zero-order chi connectivity index (χ0) is 12.6. The van der Waals surface area contributed by atoms with E-state index in [1.54, 1.807) is 0 Å². The van der Waals surface area contributed by atoms with Crippen LogP contribution in [0.4, 0.5) is 4.79 Å². The molecule has 1 amide bonds. The lowest BCUT2D eigenvalue weighted by Gasteiger charge is -2.39. The van der Waals surface area contributed by atoms with Crippen molar-refractivity contribution >= 4 is 26.8 Å². The Labute approximate surface area is 109 Å². The highest BCUT2D eigenvalue weighted by Gasteiger charge is 2.38. The third kappa shape index (κ3) is 2.48. The summed E-state index contributed by atoms with van der Waals surface area (Å²) in [5.41, 5.74) is 0. The van der Waals surface area contributed by atoms with Crippen LogP contribution in [0, 0.1) is 5.92 Å². The zero-order valence-corrected chi connectivity index (χ0v) is 11.6. The number of fused-ring (bicyclic) bond motifs is 1. The van der Waals surface area contributed by atoms with Crippen LogP contribution in [0.25, 0.3) is 0 Å². The molecular formula is C10H17BrN4O2. The number of amides is 1. The second-order valence-electron chi connectivity index (χ2n) is 4.79. The molecule has 6 nitrogen and oxygen atoms in total. The lowest BCUT2D eigenvalue weighted by Crippen LogP contribution is -2.57. The number of hydrogen-bond donors (Lipinski definition) is 1. The summed E-state index contributed by atoms with van der Waals surface area (Å²) in [5, 5.41) is 15.4. The number of carboxylic acid groups (broad SMARTS) is 1. The van der Waals surface area contributed by atoms with Crippen molar-refractivity contribution in [2.24, 2.45) is 11.0 Å². The van der Waals surface area contributed by atoms with Gasteiger partial charge in [0.2, 0.25) is 0 Å². The molecule has 1 fully saturated rings. The molecule has 7 heteroatoms. The molecule has 2 heterocycles. The summed E-state index contributed by atoms with van der Waals surface area (Å²) in [6, 6.07) is 0. The second-order valence-corrected chi connectivity index (χ2v) is 5.50. The van der Waals surface area contributed by atoms with Gasteiger partial charge in [-0.25, -0.2) is 4.79 Å². The fraction of sp³-hybridized carbons (Fsp3) is 0.800. The number of piperazine rings is 1. The van der Waals surface area contributed by atoms with E-state index in [-0.39, 0.29) is 6.17 Å². The third-order valence-electron chi connectivity index (χ3n) is 2.97. The average Bonchev–Trinajstić information content (AvgIpc) is 2.54. The predicted octanol–water partition coefficient (Wildman–Crippen LogP) is 1.25. The molecule has 2 aliphatic rings. The van der Waals surface area contributed by atoms with Gasteiger partial charge in [-0.15, -0.1) is 5.10 Å². The smallest absolute Gasteiger partial charge is 0.407 e. The van der Waals surface area contributed by atoms with Gasteiger partial charge in [0.25, 0.3) is 0 Å². The third-order valence-corrected chi connectivity index (χ3v) is 3.58. The molecular weight excluding hydrogens is 288 g/mol. The number of amidine groups is 1. The van der Waals surface area contributed by atoms with E-state index in [0.29, 0.717) is 25.6 Å². The van der Waals surface area contributed by atoms with Gasteiger partial charge in [-0.05, 0) is 21.8 Å². The lowest BCUT2D eigenvalue weighted by atomic mass is 10.2. The number of nitrogens with zero attached hydrogens (tertiary/aromatic N) is 4. The Morgan fingerprint density at radius 1 is 1.59 bits per heavy atom. The molecule has 0 aromatic rings. The summed E-state index contributed by atoms with van der Waals surface area (Å²) in [4.78, 5) is 14.6. The van der Waals surface area contributed by atoms with Gasteiger partial charge in [0.05, 0.1) is 6.54 Å². The number of carbonyl (C=O) groups is 1. The molecule has 1 unspecified atom stereocenters. The van der Waals surface area contributed by atoms with Gasteiger partial charge in [0.15, 0.2) is 4.74 Å². The first-order valence-corrected chi connectivity index (χ1v) is 6.53. The minimum atomic E-state index is -0.850. The largest absolute Gasteiger partial charge is 0.465 e. The molecule has 2 aliphatic heterocycles. The van der Waals surface area contributed by atoms with Crippen LogP contribution in [-0.4, -0.2) is 63.1 Å². The highest BCUT2D eigenvalue weighted by atomic mass is 79.9. The Morgan fingerprint density at radius 3 is 2.88 bits per heavy atom. The van der Waals surface area contributed by atoms with Crippen LogP contribution in [0.2, 0.25) is 0 Å². The molecule has 0 aliphatic carbocycles. The molecule has 0 saturated carbocycles. The molecule has 1 saturated heterocycles. The van der Waals surface area contributed by atoms with Gasteiger partial charge in [0, 0.05) is 19.6 Å². The summed E-state index contributed by atoms with van der Waals surface area (Å²) < 4.78 is 0.813. The van der Waals surface area contributed by atoms with Crippen molar-refractivity contribution in [3.8, 4) is 0 Å². The topological polar surface area (TPSA) is 59.4 Å². The van der Waals surface area contributed by atoms with Gasteiger partial charge in [0.1, 0.15) is 6.17 Å². The molecule has 1 N–H and O–H groups in total. The zero-order valence-electron chi connectivity index (χ0n) is 10.0. The molecule has 0 aromatic carbocycles. The van der Waals surface area contributed by atoms with Crippen LogP contribution >= 0.6 is 15.9 Å². The summed E-state index contributed by atoms with van der Waals surface area (Å²) in [6.45, 7) is 6.81. The SMILES string of the molecule is CC(C)CN1N=C(Br)N2CCN(C(=O)O)CC12. The van der Waals surface area contributed by atoms with Crippen LogP contribution in [0.3, 0.4) is 0 Å². The van der Waals surface area contributed by atoms with Crippen molar-refractivity contribution < 1.29 is 9.90 Å². The van der Waals surface area contributed by atoms with Crippen molar-refractivity contribution in [3.63, 3.8) is 0 Å². The molecule has 17 heavy (non-hydrogen) atoms. The first-order valence-electron chi connectivity index (χ1n) is 5.74. The van der Waals surface area contributed by atoms with Gasteiger partial charge >= 0.3 is 6.09 Å². The number of hydrazone groups is 1. The summed E-state index contributed by atoms with van der Waals surface area (Å²) >= 11 is 3.44. The maximum Gasteiger partial charge on any atom is 0.407 e. The van der Waals surface area contributed by atoms with Crippen LogP contribution in [-0.2, 0) is 0 Å². The number of rotatable bonds is 2. The van der Waals surface area contributed by atoms with Gasteiger partial charge in [-0.3, -0.25) is 5.01 Å². The molecule has 1 atom stereocenters. The quantitative estimate of drug-likeness (QED) is 0.780. The number of hydrogen-bond acceptors (Lipinski definition) is 4. The van der Waals surface area contributed by atoms with E-state index in [4.69, 9.17) is 5.11 Å². The van der Waals surface area contributed by atoms with E-state index in [0.717, 1.165) is 11.3 Å².